The van der Waals surface area contributed by atoms with Gasteiger partial charge in [0.1, 0.15) is 6.04 Å². The summed E-state index contributed by atoms with van der Waals surface area (Å²) in [6, 6.07) is 2.11. The highest BCUT2D eigenvalue weighted by molar-refractivity contribution is 5.88. The maximum Gasteiger partial charge on any atom is 0.416 e. The second-order valence-electron chi connectivity index (χ2n) is 5.79. The van der Waals surface area contributed by atoms with Crippen LogP contribution in [0.1, 0.15) is 30.6 Å². The third-order valence-electron chi connectivity index (χ3n) is 3.84. The van der Waals surface area contributed by atoms with Gasteiger partial charge in [0, 0.05) is 0 Å². The smallest absolute Gasteiger partial charge is 0.416 e. The van der Waals surface area contributed by atoms with Gasteiger partial charge < -0.3 is 19.9 Å². The van der Waals surface area contributed by atoms with Crippen LogP contribution in [0, 0.1) is 5.92 Å². The molecule has 1 amide bonds. The lowest BCUT2D eigenvalue weighted by molar-refractivity contribution is -0.149. The summed E-state index contributed by atoms with van der Waals surface area (Å²) in [6.45, 7) is 1.49. The summed E-state index contributed by atoms with van der Waals surface area (Å²) < 4.78 is 46.8. The van der Waals surface area contributed by atoms with Crippen molar-refractivity contribution in [2.24, 2.45) is 5.92 Å². The van der Waals surface area contributed by atoms with Crippen LogP contribution < -0.4 is 5.32 Å². The van der Waals surface area contributed by atoms with Gasteiger partial charge >= 0.3 is 18.1 Å². The summed E-state index contributed by atoms with van der Waals surface area (Å²) in [4.78, 5) is 35.4. The van der Waals surface area contributed by atoms with Crippen LogP contribution in [0.2, 0.25) is 0 Å². The Morgan fingerprint density at radius 1 is 1.11 bits per heavy atom. The van der Waals surface area contributed by atoms with Crippen molar-refractivity contribution in [2.75, 3.05) is 14.2 Å². The molecule has 27 heavy (non-hydrogen) atoms. The van der Waals surface area contributed by atoms with Gasteiger partial charge in [0.25, 0.3) is 5.91 Å². The van der Waals surface area contributed by atoms with Crippen molar-refractivity contribution in [3.8, 4) is 0 Å². The van der Waals surface area contributed by atoms with E-state index in [9.17, 15) is 32.7 Å². The maximum atomic E-state index is 12.6. The number of esters is 2. The number of alkyl halides is 3. The minimum absolute atomic E-state index is 0.0928. The zero-order valence-electron chi connectivity index (χ0n) is 14.9. The summed E-state index contributed by atoms with van der Waals surface area (Å²) in [5, 5.41) is 12.3. The SMILES string of the molecule is COC(=O)C[C@H](C)[C@@H](NC(=O)[C@@H](O)c1ccc(C(F)(F)F)cc1)C(=O)OC. The van der Waals surface area contributed by atoms with Crippen LogP contribution in [0.4, 0.5) is 13.2 Å². The van der Waals surface area contributed by atoms with Gasteiger partial charge in [-0.25, -0.2) is 4.79 Å². The fourth-order valence-electron chi connectivity index (χ4n) is 2.26. The number of hydrogen-bond acceptors (Lipinski definition) is 6. The van der Waals surface area contributed by atoms with Gasteiger partial charge in [-0.3, -0.25) is 9.59 Å². The van der Waals surface area contributed by atoms with Crippen molar-refractivity contribution >= 4 is 17.8 Å². The molecule has 7 nitrogen and oxygen atoms in total. The van der Waals surface area contributed by atoms with Gasteiger partial charge in [0.2, 0.25) is 0 Å². The van der Waals surface area contributed by atoms with E-state index >= 15 is 0 Å². The fourth-order valence-corrected chi connectivity index (χ4v) is 2.26. The highest BCUT2D eigenvalue weighted by atomic mass is 19.4. The first-order valence-electron chi connectivity index (χ1n) is 7.81. The molecule has 0 saturated heterocycles. The number of amides is 1. The molecule has 0 heterocycles. The number of hydrogen-bond donors (Lipinski definition) is 2. The van der Waals surface area contributed by atoms with E-state index in [4.69, 9.17) is 0 Å². The van der Waals surface area contributed by atoms with Crippen molar-refractivity contribution in [1.29, 1.82) is 0 Å². The Morgan fingerprint density at radius 3 is 2.11 bits per heavy atom. The quantitative estimate of drug-likeness (QED) is 0.685. The Labute approximate surface area is 153 Å². The molecular weight excluding hydrogens is 371 g/mol. The van der Waals surface area contributed by atoms with Crippen LogP contribution in [0.5, 0.6) is 0 Å². The molecule has 0 fully saturated rings. The van der Waals surface area contributed by atoms with Gasteiger partial charge in [0.05, 0.1) is 26.2 Å². The first kappa shape index (κ1) is 22.4. The molecule has 2 N–H and O–H groups in total. The van der Waals surface area contributed by atoms with E-state index in [0.717, 1.165) is 38.5 Å². The molecule has 0 radical (unpaired) electrons. The third-order valence-corrected chi connectivity index (χ3v) is 3.84. The molecule has 0 unspecified atom stereocenters. The third kappa shape index (κ3) is 6.24. The van der Waals surface area contributed by atoms with Crippen molar-refractivity contribution < 1.29 is 42.1 Å². The molecule has 3 atom stereocenters. The molecule has 1 aromatic carbocycles. The number of carbonyl (C=O) groups is 3. The molecule has 0 bridgehead atoms. The Bertz CT molecular complexity index is 674. The topological polar surface area (TPSA) is 102 Å². The predicted octanol–water partition coefficient (Wildman–Crippen LogP) is 1.60. The van der Waals surface area contributed by atoms with Crippen LogP contribution in [0.3, 0.4) is 0 Å². The largest absolute Gasteiger partial charge is 0.469 e. The van der Waals surface area contributed by atoms with E-state index < -0.39 is 47.6 Å². The first-order valence-corrected chi connectivity index (χ1v) is 7.81. The first-order chi connectivity index (χ1) is 12.5. The summed E-state index contributed by atoms with van der Waals surface area (Å²) in [6.07, 6.45) is -6.57. The lowest BCUT2D eigenvalue weighted by atomic mass is 9.97. The second-order valence-corrected chi connectivity index (χ2v) is 5.79. The molecular formula is C17H20F3NO6. The minimum Gasteiger partial charge on any atom is -0.469 e. The Kier molecular flexibility index (Phi) is 7.77. The van der Waals surface area contributed by atoms with E-state index in [-0.39, 0.29) is 12.0 Å². The van der Waals surface area contributed by atoms with E-state index in [1.807, 2.05) is 0 Å². The molecule has 0 saturated carbocycles. The molecule has 0 spiro atoms. The number of aliphatic hydroxyl groups is 1. The monoisotopic (exact) mass is 391 g/mol. The van der Waals surface area contributed by atoms with Gasteiger partial charge in [-0.15, -0.1) is 0 Å². The molecule has 0 aliphatic rings. The van der Waals surface area contributed by atoms with Crippen LogP contribution >= 0.6 is 0 Å². The number of benzene rings is 1. The van der Waals surface area contributed by atoms with Crippen molar-refractivity contribution in [3.05, 3.63) is 35.4 Å². The highest BCUT2D eigenvalue weighted by Crippen LogP contribution is 2.30. The van der Waals surface area contributed by atoms with Gasteiger partial charge in [-0.1, -0.05) is 19.1 Å². The van der Waals surface area contributed by atoms with Crippen molar-refractivity contribution in [2.45, 2.75) is 31.7 Å². The summed E-state index contributed by atoms with van der Waals surface area (Å²) in [7, 11) is 2.24. The Balaban J connectivity index is 2.90. The van der Waals surface area contributed by atoms with Crippen molar-refractivity contribution in [3.63, 3.8) is 0 Å². The van der Waals surface area contributed by atoms with E-state index in [1.54, 1.807) is 0 Å². The van der Waals surface area contributed by atoms with Crippen LogP contribution in [-0.4, -0.2) is 43.2 Å². The van der Waals surface area contributed by atoms with Crippen LogP contribution in [0.15, 0.2) is 24.3 Å². The normalized spacial score (nSPS) is 14.6. The summed E-state index contributed by atoms with van der Waals surface area (Å²) in [5.74, 6) is -3.20. The Hall–Kier alpha value is -2.62. The minimum atomic E-state index is -4.55. The molecule has 150 valence electrons. The molecule has 0 aliphatic heterocycles. The molecule has 0 aliphatic carbocycles. The zero-order chi connectivity index (χ0) is 20.8. The number of halogens is 3. The Morgan fingerprint density at radius 2 is 1.67 bits per heavy atom. The average molecular weight is 391 g/mol. The average Bonchev–Trinajstić information content (AvgIpc) is 2.63. The lowest BCUT2D eigenvalue weighted by Gasteiger charge is -2.23. The lowest BCUT2D eigenvalue weighted by Crippen LogP contribution is -2.48. The van der Waals surface area contributed by atoms with Gasteiger partial charge in [-0.05, 0) is 23.6 Å². The number of nitrogens with one attached hydrogen (secondary N) is 1. The fraction of sp³-hybridized carbons (Fsp3) is 0.471. The number of methoxy groups -OCH3 is 2. The zero-order valence-corrected chi connectivity index (χ0v) is 14.9. The van der Waals surface area contributed by atoms with Crippen molar-refractivity contribution in [1.82, 2.24) is 5.32 Å². The number of aliphatic hydroxyl groups excluding tert-OH is 1. The van der Waals surface area contributed by atoms with Gasteiger partial charge in [-0.2, -0.15) is 13.2 Å². The molecule has 1 aromatic rings. The molecule has 10 heteroatoms. The van der Waals surface area contributed by atoms with E-state index in [0.29, 0.717) is 0 Å². The standard InChI is InChI=1S/C17H20F3NO6/c1-9(8-12(22)26-2)13(16(25)27-3)21-15(24)14(23)10-4-6-11(7-5-10)17(18,19)20/h4-7,9,13-14,23H,8H2,1-3H3,(H,21,24)/t9-,13+,14-/m0/s1. The van der Waals surface area contributed by atoms with E-state index in [1.165, 1.54) is 6.92 Å². The van der Waals surface area contributed by atoms with Crippen LogP contribution in [-0.2, 0) is 30.0 Å². The van der Waals surface area contributed by atoms with E-state index in [2.05, 4.69) is 14.8 Å². The number of carbonyl (C=O) groups excluding carboxylic acids is 3. The maximum absolute atomic E-state index is 12.6. The molecule has 0 aromatic heterocycles. The number of rotatable bonds is 7. The van der Waals surface area contributed by atoms with Crippen LogP contribution in [0.25, 0.3) is 0 Å². The number of ether oxygens (including phenoxy) is 2. The summed E-state index contributed by atoms with van der Waals surface area (Å²) in [5.41, 5.74) is -1.03. The predicted molar refractivity (Wildman–Crippen MR) is 86.1 cm³/mol. The van der Waals surface area contributed by atoms with Gasteiger partial charge in [0.15, 0.2) is 6.10 Å². The molecule has 1 rings (SSSR count). The highest BCUT2D eigenvalue weighted by Gasteiger charge is 2.33. The summed E-state index contributed by atoms with van der Waals surface area (Å²) >= 11 is 0. The second kappa shape index (κ2) is 9.36.